The standard InChI is InChI=1S/C10H15N3OS/c1-7(6-15-2)13-10-8(9(11)14)4-3-5-12-10/h3-5,7H,6H2,1-2H3,(H2,11,14)(H,12,13). The van der Waals surface area contributed by atoms with E-state index < -0.39 is 5.91 Å². The number of nitrogens with one attached hydrogen (secondary N) is 1. The van der Waals surface area contributed by atoms with Crippen LogP contribution in [0.5, 0.6) is 0 Å². The summed E-state index contributed by atoms with van der Waals surface area (Å²) in [4.78, 5) is 15.2. The Labute approximate surface area is 93.7 Å². The van der Waals surface area contributed by atoms with Crippen molar-refractivity contribution in [1.29, 1.82) is 0 Å². The number of pyridine rings is 1. The minimum Gasteiger partial charge on any atom is -0.366 e. The van der Waals surface area contributed by atoms with Crippen molar-refractivity contribution in [1.82, 2.24) is 4.98 Å². The van der Waals surface area contributed by atoms with Gasteiger partial charge >= 0.3 is 0 Å². The summed E-state index contributed by atoms with van der Waals surface area (Å²) in [6.07, 6.45) is 3.67. The molecule has 1 aromatic rings. The highest BCUT2D eigenvalue weighted by Crippen LogP contribution is 2.12. The van der Waals surface area contributed by atoms with Crippen molar-refractivity contribution >= 4 is 23.5 Å². The average molecular weight is 225 g/mol. The molecule has 1 aromatic heterocycles. The van der Waals surface area contributed by atoms with Crippen LogP contribution in [0.15, 0.2) is 18.3 Å². The quantitative estimate of drug-likeness (QED) is 0.793. The SMILES string of the molecule is CSCC(C)Nc1ncccc1C(N)=O. The number of amides is 1. The lowest BCUT2D eigenvalue weighted by Gasteiger charge is -2.14. The molecule has 0 aliphatic heterocycles. The number of primary amides is 1. The van der Waals surface area contributed by atoms with Crippen LogP contribution < -0.4 is 11.1 Å². The number of nitrogens with two attached hydrogens (primary N) is 1. The average Bonchev–Trinajstić information content (AvgIpc) is 2.18. The third-order valence-corrected chi connectivity index (χ3v) is 2.71. The zero-order valence-electron chi connectivity index (χ0n) is 8.86. The number of thioether (sulfide) groups is 1. The van der Waals surface area contributed by atoms with Gasteiger partial charge < -0.3 is 11.1 Å². The second-order valence-electron chi connectivity index (χ2n) is 3.26. The Morgan fingerprint density at radius 3 is 3.07 bits per heavy atom. The molecule has 0 radical (unpaired) electrons. The van der Waals surface area contributed by atoms with Crippen molar-refractivity contribution in [3.63, 3.8) is 0 Å². The van der Waals surface area contributed by atoms with Crippen molar-refractivity contribution in [2.45, 2.75) is 13.0 Å². The number of hydrogen-bond acceptors (Lipinski definition) is 4. The Kier molecular flexibility index (Phi) is 4.42. The highest BCUT2D eigenvalue weighted by molar-refractivity contribution is 7.98. The van der Waals surface area contributed by atoms with Crippen LogP contribution in [0.4, 0.5) is 5.82 Å². The van der Waals surface area contributed by atoms with Gasteiger partial charge in [0.05, 0.1) is 5.56 Å². The zero-order chi connectivity index (χ0) is 11.3. The minimum atomic E-state index is -0.457. The second kappa shape index (κ2) is 5.60. The van der Waals surface area contributed by atoms with Gasteiger partial charge in [0.1, 0.15) is 5.82 Å². The Morgan fingerprint density at radius 1 is 1.73 bits per heavy atom. The monoisotopic (exact) mass is 225 g/mol. The van der Waals surface area contributed by atoms with Gasteiger partial charge in [0.15, 0.2) is 0 Å². The van der Waals surface area contributed by atoms with Crippen LogP contribution in [0.25, 0.3) is 0 Å². The third-order valence-electron chi connectivity index (χ3n) is 1.87. The first-order chi connectivity index (χ1) is 7.15. The second-order valence-corrected chi connectivity index (χ2v) is 4.18. The molecule has 82 valence electrons. The van der Waals surface area contributed by atoms with E-state index in [1.54, 1.807) is 30.1 Å². The molecule has 1 unspecified atom stereocenters. The number of hydrogen-bond donors (Lipinski definition) is 2. The molecule has 0 saturated carbocycles. The smallest absolute Gasteiger partial charge is 0.252 e. The fraction of sp³-hybridized carbons (Fsp3) is 0.400. The Morgan fingerprint density at radius 2 is 2.47 bits per heavy atom. The highest BCUT2D eigenvalue weighted by Gasteiger charge is 2.10. The van der Waals surface area contributed by atoms with Crippen molar-refractivity contribution in [2.75, 3.05) is 17.3 Å². The predicted octanol–water partition coefficient (Wildman–Crippen LogP) is 1.34. The number of anilines is 1. The highest BCUT2D eigenvalue weighted by atomic mass is 32.2. The molecule has 4 nitrogen and oxygen atoms in total. The molecular formula is C10H15N3OS. The van der Waals surface area contributed by atoms with Crippen LogP contribution in [0.1, 0.15) is 17.3 Å². The van der Waals surface area contributed by atoms with Crippen LogP contribution in [-0.4, -0.2) is 28.9 Å². The molecule has 1 rings (SSSR count). The molecule has 0 bridgehead atoms. The molecule has 0 spiro atoms. The maximum Gasteiger partial charge on any atom is 0.252 e. The summed E-state index contributed by atoms with van der Waals surface area (Å²) in [6, 6.07) is 3.63. The third kappa shape index (κ3) is 3.43. The topological polar surface area (TPSA) is 68.0 Å². The minimum absolute atomic E-state index is 0.257. The first kappa shape index (κ1) is 11.8. The van der Waals surface area contributed by atoms with E-state index in [1.807, 2.05) is 13.2 Å². The lowest BCUT2D eigenvalue weighted by Crippen LogP contribution is -2.22. The lowest BCUT2D eigenvalue weighted by atomic mass is 10.2. The zero-order valence-corrected chi connectivity index (χ0v) is 9.67. The normalized spacial score (nSPS) is 12.1. The van der Waals surface area contributed by atoms with E-state index in [-0.39, 0.29) is 6.04 Å². The molecule has 0 saturated heterocycles. The summed E-state index contributed by atoms with van der Waals surface area (Å²) < 4.78 is 0. The summed E-state index contributed by atoms with van der Waals surface area (Å²) in [6.45, 7) is 2.04. The fourth-order valence-corrected chi connectivity index (χ4v) is 1.83. The maximum atomic E-state index is 11.1. The van der Waals surface area contributed by atoms with Crippen LogP contribution in [0.3, 0.4) is 0 Å². The Hall–Kier alpha value is -1.23. The molecule has 0 aliphatic carbocycles. The molecule has 0 aromatic carbocycles. The Balaban J connectivity index is 2.79. The van der Waals surface area contributed by atoms with E-state index in [4.69, 9.17) is 5.73 Å². The first-order valence-electron chi connectivity index (χ1n) is 4.65. The van der Waals surface area contributed by atoms with Gasteiger partial charge in [0.2, 0.25) is 0 Å². The van der Waals surface area contributed by atoms with E-state index in [1.165, 1.54) is 0 Å². The van der Waals surface area contributed by atoms with Gasteiger partial charge in [0.25, 0.3) is 5.91 Å². The number of aromatic nitrogens is 1. The molecule has 0 fully saturated rings. The largest absolute Gasteiger partial charge is 0.366 e. The number of carbonyl (C=O) groups is 1. The summed E-state index contributed by atoms with van der Waals surface area (Å²) in [7, 11) is 0. The molecule has 0 aliphatic rings. The molecule has 1 amide bonds. The number of nitrogens with zero attached hydrogens (tertiary/aromatic N) is 1. The number of carbonyl (C=O) groups excluding carboxylic acids is 1. The summed E-state index contributed by atoms with van der Waals surface area (Å²) in [5.41, 5.74) is 5.68. The van der Waals surface area contributed by atoms with Gasteiger partial charge in [-0.25, -0.2) is 4.98 Å². The van der Waals surface area contributed by atoms with Crippen LogP contribution in [-0.2, 0) is 0 Å². The summed E-state index contributed by atoms with van der Waals surface area (Å²) in [5, 5.41) is 3.16. The van der Waals surface area contributed by atoms with Gasteiger partial charge in [-0.15, -0.1) is 0 Å². The van der Waals surface area contributed by atoms with Gasteiger partial charge in [-0.05, 0) is 25.3 Å². The molecular weight excluding hydrogens is 210 g/mol. The van der Waals surface area contributed by atoms with Crippen LogP contribution >= 0.6 is 11.8 Å². The van der Waals surface area contributed by atoms with E-state index in [0.29, 0.717) is 11.4 Å². The van der Waals surface area contributed by atoms with Crippen molar-refractivity contribution < 1.29 is 4.79 Å². The molecule has 1 atom stereocenters. The summed E-state index contributed by atoms with van der Waals surface area (Å²) >= 11 is 1.74. The van der Waals surface area contributed by atoms with Crippen molar-refractivity contribution in [3.05, 3.63) is 23.9 Å². The first-order valence-corrected chi connectivity index (χ1v) is 6.04. The van der Waals surface area contributed by atoms with E-state index in [9.17, 15) is 4.79 Å². The van der Waals surface area contributed by atoms with Gasteiger partial charge in [-0.3, -0.25) is 4.79 Å². The molecule has 3 N–H and O–H groups in total. The van der Waals surface area contributed by atoms with E-state index in [2.05, 4.69) is 10.3 Å². The Bertz CT molecular complexity index is 343. The van der Waals surface area contributed by atoms with Crippen LogP contribution in [0.2, 0.25) is 0 Å². The van der Waals surface area contributed by atoms with Crippen LogP contribution in [0, 0.1) is 0 Å². The van der Waals surface area contributed by atoms with Crippen molar-refractivity contribution in [2.24, 2.45) is 5.73 Å². The molecule has 5 heteroatoms. The van der Waals surface area contributed by atoms with Gasteiger partial charge in [-0.1, -0.05) is 0 Å². The van der Waals surface area contributed by atoms with E-state index in [0.717, 1.165) is 5.75 Å². The molecule has 1 heterocycles. The lowest BCUT2D eigenvalue weighted by molar-refractivity contribution is 0.100. The predicted molar refractivity (Wildman–Crippen MR) is 64.2 cm³/mol. The maximum absolute atomic E-state index is 11.1. The van der Waals surface area contributed by atoms with Gasteiger partial charge in [-0.2, -0.15) is 11.8 Å². The van der Waals surface area contributed by atoms with Gasteiger partial charge in [0, 0.05) is 18.0 Å². The summed E-state index contributed by atoms with van der Waals surface area (Å²) in [5.74, 6) is 1.06. The fourth-order valence-electron chi connectivity index (χ4n) is 1.24. The van der Waals surface area contributed by atoms with Crippen molar-refractivity contribution in [3.8, 4) is 0 Å². The van der Waals surface area contributed by atoms with E-state index >= 15 is 0 Å². The number of rotatable bonds is 5. The molecule has 15 heavy (non-hydrogen) atoms.